The Hall–Kier alpha value is -1.36. The number of benzene rings is 1. The van der Waals surface area contributed by atoms with Gasteiger partial charge in [-0.15, -0.1) is 0 Å². The number of hydrogen-bond donors (Lipinski definition) is 0. The Bertz CT molecular complexity index is 584. The van der Waals surface area contributed by atoms with Gasteiger partial charge < -0.3 is 9.47 Å². The van der Waals surface area contributed by atoms with Crippen molar-refractivity contribution in [1.82, 2.24) is 0 Å². The molecule has 0 aromatic heterocycles. The molecule has 0 radical (unpaired) electrons. The van der Waals surface area contributed by atoms with Gasteiger partial charge in [0.15, 0.2) is 0 Å². The van der Waals surface area contributed by atoms with Crippen molar-refractivity contribution in [3.8, 4) is 0 Å². The Kier molecular flexibility index (Phi) is 5.62. The van der Waals surface area contributed by atoms with Gasteiger partial charge in [0.05, 0.1) is 14.2 Å². The number of halogens is 1. The lowest BCUT2D eigenvalue weighted by Crippen LogP contribution is -2.39. The fraction of sp³-hybridized carbons (Fsp3) is 0.529. The molecule has 2 rings (SSSR count). The molecule has 0 fully saturated rings. The molecule has 22 heavy (non-hydrogen) atoms. The molecule has 1 heterocycles. The maximum atomic E-state index is 5.53. The van der Waals surface area contributed by atoms with Gasteiger partial charge in [0, 0.05) is 10.4 Å². The molecule has 0 saturated carbocycles. The second kappa shape index (κ2) is 7.27. The molecule has 1 aromatic rings. The molecule has 1 aliphatic rings. The molecule has 5 heteroatoms. The van der Waals surface area contributed by atoms with E-state index in [2.05, 4.69) is 48.8 Å². The minimum absolute atomic E-state index is 0.0779. The third kappa shape index (κ3) is 3.51. The van der Waals surface area contributed by atoms with Gasteiger partial charge in [-0.3, -0.25) is 0 Å². The van der Waals surface area contributed by atoms with Crippen LogP contribution in [0.5, 0.6) is 0 Å². The third-order valence-electron chi connectivity index (χ3n) is 3.94. The summed E-state index contributed by atoms with van der Waals surface area (Å²) in [4.78, 5) is 9.51. The average Bonchev–Trinajstić information content (AvgIpc) is 2.52. The van der Waals surface area contributed by atoms with E-state index in [9.17, 15) is 0 Å². The molecule has 3 atom stereocenters. The van der Waals surface area contributed by atoms with Gasteiger partial charge in [-0.25, -0.2) is 9.98 Å². The molecule has 0 bridgehead atoms. The van der Waals surface area contributed by atoms with Crippen LogP contribution in [0.15, 0.2) is 38.7 Å². The van der Waals surface area contributed by atoms with Crippen molar-refractivity contribution in [2.45, 2.75) is 38.8 Å². The minimum Gasteiger partial charge on any atom is -0.483 e. The molecule has 4 nitrogen and oxygen atoms in total. The Labute approximate surface area is 140 Å². The van der Waals surface area contributed by atoms with E-state index >= 15 is 0 Å². The molecule has 120 valence electrons. The summed E-state index contributed by atoms with van der Waals surface area (Å²) < 4.78 is 12.1. The van der Waals surface area contributed by atoms with Gasteiger partial charge in [0.1, 0.15) is 12.1 Å². The highest BCUT2D eigenvalue weighted by molar-refractivity contribution is 9.10. The van der Waals surface area contributed by atoms with E-state index in [-0.39, 0.29) is 18.0 Å². The van der Waals surface area contributed by atoms with E-state index in [1.54, 1.807) is 14.2 Å². The van der Waals surface area contributed by atoms with Crippen LogP contribution in [-0.4, -0.2) is 38.1 Å². The molecule has 0 aliphatic carbocycles. The van der Waals surface area contributed by atoms with Crippen LogP contribution >= 0.6 is 15.9 Å². The van der Waals surface area contributed by atoms with Crippen LogP contribution in [0.2, 0.25) is 0 Å². The van der Waals surface area contributed by atoms with Gasteiger partial charge in [-0.1, -0.05) is 48.8 Å². The monoisotopic (exact) mass is 366 g/mol. The lowest BCUT2D eigenvalue weighted by atomic mass is 9.92. The molecule has 1 unspecified atom stereocenters. The topological polar surface area (TPSA) is 43.2 Å². The Morgan fingerprint density at radius 1 is 1.00 bits per heavy atom. The van der Waals surface area contributed by atoms with Crippen molar-refractivity contribution in [2.75, 3.05) is 14.2 Å². The first-order chi connectivity index (χ1) is 10.5. The van der Waals surface area contributed by atoms with Gasteiger partial charge in [-0.05, 0) is 23.6 Å². The van der Waals surface area contributed by atoms with Gasteiger partial charge in [-0.2, -0.15) is 0 Å². The molecule has 0 saturated heterocycles. The van der Waals surface area contributed by atoms with Crippen molar-refractivity contribution in [1.29, 1.82) is 0 Å². The quantitative estimate of drug-likeness (QED) is 0.809. The summed E-state index contributed by atoms with van der Waals surface area (Å²) in [6.45, 7) is 6.34. The highest BCUT2D eigenvalue weighted by Crippen LogP contribution is 2.29. The number of rotatable bonds is 3. The summed E-state index contributed by atoms with van der Waals surface area (Å²) in [7, 11) is 3.31. The maximum absolute atomic E-state index is 5.53. The van der Waals surface area contributed by atoms with Crippen LogP contribution in [0.3, 0.4) is 0 Å². The zero-order chi connectivity index (χ0) is 16.3. The van der Waals surface area contributed by atoms with Crippen LogP contribution < -0.4 is 0 Å². The second-order valence-electron chi connectivity index (χ2n) is 5.82. The molecular formula is C17H23BrN2O2. The summed E-state index contributed by atoms with van der Waals surface area (Å²) in [5.41, 5.74) is 1.19. The van der Waals surface area contributed by atoms with Crippen LogP contribution in [0, 0.1) is 5.92 Å². The molecular weight excluding hydrogens is 344 g/mol. The lowest BCUT2D eigenvalue weighted by molar-refractivity contribution is 0.327. The van der Waals surface area contributed by atoms with Crippen LogP contribution in [0.1, 0.15) is 32.3 Å². The maximum Gasteiger partial charge on any atom is 0.210 e. The van der Waals surface area contributed by atoms with E-state index in [1.807, 2.05) is 12.1 Å². The molecule has 1 aromatic carbocycles. The summed E-state index contributed by atoms with van der Waals surface area (Å²) in [5.74, 6) is 1.81. The highest BCUT2D eigenvalue weighted by Gasteiger charge is 2.34. The van der Waals surface area contributed by atoms with Gasteiger partial charge in [0.25, 0.3) is 0 Å². The van der Waals surface area contributed by atoms with Gasteiger partial charge >= 0.3 is 0 Å². The van der Waals surface area contributed by atoms with Crippen LogP contribution in [-0.2, 0) is 9.47 Å². The number of ether oxygens (including phenoxy) is 2. The Balaban J connectivity index is 2.36. The zero-order valence-electron chi connectivity index (χ0n) is 13.7. The highest BCUT2D eigenvalue weighted by atomic mass is 79.9. The normalized spacial score (nSPS) is 22.9. The minimum atomic E-state index is -0.163. The number of hydrogen-bond acceptors (Lipinski definition) is 4. The first kappa shape index (κ1) is 17.0. The first-order valence-corrected chi connectivity index (χ1v) is 8.26. The molecule has 1 aliphatic heterocycles. The largest absolute Gasteiger partial charge is 0.483 e. The van der Waals surface area contributed by atoms with Crippen molar-refractivity contribution in [3.05, 3.63) is 34.3 Å². The summed E-state index contributed by atoms with van der Waals surface area (Å²) in [6.07, 6.45) is 0. The molecule has 0 amide bonds. The van der Waals surface area contributed by atoms with Crippen LogP contribution in [0.25, 0.3) is 0 Å². The average molecular weight is 367 g/mol. The second-order valence-corrected chi connectivity index (χ2v) is 6.74. The van der Waals surface area contributed by atoms with Crippen molar-refractivity contribution < 1.29 is 9.47 Å². The number of aliphatic imine (C=N–C) groups is 2. The molecule has 0 spiro atoms. The summed E-state index contributed by atoms with van der Waals surface area (Å²) in [5, 5.41) is 0. The fourth-order valence-corrected chi connectivity index (χ4v) is 3.03. The predicted octanol–water partition coefficient (Wildman–Crippen LogP) is 4.05. The predicted molar refractivity (Wildman–Crippen MR) is 93.9 cm³/mol. The van der Waals surface area contributed by atoms with Crippen molar-refractivity contribution >= 4 is 27.7 Å². The summed E-state index contributed by atoms with van der Waals surface area (Å²) >= 11 is 3.52. The van der Waals surface area contributed by atoms with E-state index in [0.717, 1.165) is 4.47 Å². The van der Waals surface area contributed by atoms with E-state index < -0.39 is 0 Å². The zero-order valence-corrected chi connectivity index (χ0v) is 15.3. The first-order valence-electron chi connectivity index (χ1n) is 7.46. The standard InChI is InChI=1S/C17H23BrN2O2/c1-10(2)14-16(21-4)20-15(17(19-14)22-5)11(3)12-7-6-8-13(18)9-12/h6-11,14-15H,1-5H3/t11?,14-,15+/m1/s1. The fourth-order valence-electron chi connectivity index (χ4n) is 2.62. The van der Waals surface area contributed by atoms with Crippen LogP contribution in [0.4, 0.5) is 0 Å². The smallest absolute Gasteiger partial charge is 0.210 e. The third-order valence-corrected chi connectivity index (χ3v) is 4.43. The number of methoxy groups -OCH3 is 2. The SMILES string of the molecule is COC1=N[C@H](C(C)C)C(OC)=N[C@H]1C(C)c1cccc(Br)c1. The Morgan fingerprint density at radius 2 is 1.59 bits per heavy atom. The number of nitrogens with zero attached hydrogens (tertiary/aromatic N) is 2. The van der Waals surface area contributed by atoms with E-state index in [1.165, 1.54) is 5.56 Å². The van der Waals surface area contributed by atoms with Crippen molar-refractivity contribution in [3.63, 3.8) is 0 Å². The van der Waals surface area contributed by atoms with Gasteiger partial charge in [0.2, 0.25) is 11.8 Å². The lowest BCUT2D eigenvalue weighted by Gasteiger charge is -2.30. The molecule has 0 N–H and O–H groups in total. The summed E-state index contributed by atoms with van der Waals surface area (Å²) in [6, 6.07) is 8.00. The van der Waals surface area contributed by atoms with E-state index in [0.29, 0.717) is 17.7 Å². The van der Waals surface area contributed by atoms with E-state index in [4.69, 9.17) is 19.5 Å². The van der Waals surface area contributed by atoms with Crippen molar-refractivity contribution in [2.24, 2.45) is 15.9 Å². The Morgan fingerprint density at radius 3 is 2.14 bits per heavy atom.